The summed E-state index contributed by atoms with van der Waals surface area (Å²) >= 11 is 0. The Morgan fingerprint density at radius 3 is 2.35 bits per heavy atom. The van der Waals surface area contributed by atoms with Gasteiger partial charge in [-0.15, -0.1) is 0 Å². The van der Waals surface area contributed by atoms with Crippen molar-refractivity contribution >= 4 is 23.7 Å². The number of carbonyl (C=O) groups excluding carboxylic acids is 1. The predicted molar refractivity (Wildman–Crippen MR) is 87.0 cm³/mol. The highest BCUT2D eigenvalue weighted by atomic mass is 16.4. The fourth-order valence-electron chi connectivity index (χ4n) is 4.18. The first-order chi connectivity index (χ1) is 12.3. The lowest BCUT2D eigenvalue weighted by atomic mass is 9.61. The first kappa shape index (κ1) is 16.0. The van der Waals surface area contributed by atoms with Crippen LogP contribution < -0.4 is 0 Å². The summed E-state index contributed by atoms with van der Waals surface area (Å²) in [7, 11) is 0. The highest BCUT2D eigenvalue weighted by Gasteiger charge is 2.50. The quantitative estimate of drug-likeness (QED) is 0.700. The number of hydrogen-bond donors (Lipinski definition) is 3. The Morgan fingerprint density at radius 1 is 1.00 bits per heavy atom. The maximum absolute atomic E-state index is 12.7. The van der Waals surface area contributed by atoms with E-state index in [2.05, 4.69) is 0 Å². The Labute approximate surface area is 146 Å². The van der Waals surface area contributed by atoms with Crippen molar-refractivity contribution in [3.8, 4) is 0 Å². The van der Waals surface area contributed by atoms with Crippen molar-refractivity contribution in [2.75, 3.05) is 0 Å². The molecular formula is C19H12O7. The molecule has 0 aromatic rings. The van der Waals surface area contributed by atoms with Gasteiger partial charge in [-0.2, -0.15) is 0 Å². The van der Waals surface area contributed by atoms with Gasteiger partial charge in [0.1, 0.15) is 5.92 Å². The summed E-state index contributed by atoms with van der Waals surface area (Å²) in [5.74, 6) is -7.31. The van der Waals surface area contributed by atoms with Crippen LogP contribution in [0.25, 0.3) is 0 Å². The van der Waals surface area contributed by atoms with E-state index in [1.165, 1.54) is 6.08 Å². The van der Waals surface area contributed by atoms with Crippen molar-refractivity contribution in [3.05, 3.63) is 69.4 Å². The van der Waals surface area contributed by atoms with E-state index in [-0.39, 0.29) is 17.6 Å². The first-order valence-electron chi connectivity index (χ1n) is 7.83. The van der Waals surface area contributed by atoms with Gasteiger partial charge >= 0.3 is 17.9 Å². The third kappa shape index (κ3) is 1.94. The third-order valence-electron chi connectivity index (χ3n) is 5.08. The number of allylic oxidation sites excluding steroid dienone is 8. The topological polar surface area (TPSA) is 129 Å². The van der Waals surface area contributed by atoms with Crippen molar-refractivity contribution in [2.24, 2.45) is 11.8 Å². The Balaban J connectivity index is 2.14. The van der Waals surface area contributed by atoms with E-state index in [1.807, 2.05) is 6.08 Å². The number of rotatable bonds is 3. The molecule has 0 aromatic heterocycles. The molecule has 4 aliphatic carbocycles. The lowest BCUT2D eigenvalue weighted by molar-refractivity contribution is -0.143. The molecule has 0 saturated heterocycles. The van der Waals surface area contributed by atoms with Crippen LogP contribution in [0.2, 0.25) is 0 Å². The monoisotopic (exact) mass is 352 g/mol. The zero-order valence-corrected chi connectivity index (χ0v) is 13.2. The number of carboxylic acid groups (broad SMARTS) is 3. The number of ketones is 1. The van der Waals surface area contributed by atoms with E-state index in [4.69, 9.17) is 0 Å². The number of Topliss-reactive ketones (excluding diaryl/α,β-unsaturated/α-hetero) is 1. The molecule has 0 amide bonds. The minimum Gasteiger partial charge on any atom is -0.481 e. The van der Waals surface area contributed by atoms with Crippen LogP contribution in [0.15, 0.2) is 69.4 Å². The SMILES string of the molecule is O=C(O)C1=C(C(=O)O)C(C(=O)O)C2=CC=C3C=CC=C4CC(=O)C1=C2C34. The molecule has 2 unspecified atom stereocenters. The van der Waals surface area contributed by atoms with Crippen LogP contribution >= 0.6 is 0 Å². The van der Waals surface area contributed by atoms with Gasteiger partial charge in [0.15, 0.2) is 5.78 Å². The maximum Gasteiger partial charge on any atom is 0.337 e. The highest BCUT2D eigenvalue weighted by molar-refractivity contribution is 6.18. The smallest absolute Gasteiger partial charge is 0.337 e. The minimum atomic E-state index is -1.66. The number of carboxylic acids is 3. The van der Waals surface area contributed by atoms with Gasteiger partial charge in [-0.3, -0.25) is 9.59 Å². The maximum atomic E-state index is 12.7. The van der Waals surface area contributed by atoms with Crippen LogP contribution in [-0.4, -0.2) is 39.0 Å². The van der Waals surface area contributed by atoms with Gasteiger partial charge in [0.2, 0.25) is 0 Å². The van der Waals surface area contributed by atoms with Crippen molar-refractivity contribution in [2.45, 2.75) is 6.42 Å². The van der Waals surface area contributed by atoms with Gasteiger partial charge in [0.05, 0.1) is 11.1 Å². The molecule has 0 fully saturated rings. The lowest BCUT2D eigenvalue weighted by Gasteiger charge is -2.40. The zero-order valence-electron chi connectivity index (χ0n) is 13.2. The Kier molecular flexibility index (Phi) is 3.24. The van der Waals surface area contributed by atoms with E-state index < -0.39 is 46.7 Å². The van der Waals surface area contributed by atoms with Crippen LogP contribution in [0.1, 0.15) is 6.42 Å². The van der Waals surface area contributed by atoms with E-state index in [9.17, 15) is 34.5 Å². The molecule has 0 heterocycles. The van der Waals surface area contributed by atoms with Crippen molar-refractivity contribution in [3.63, 3.8) is 0 Å². The summed E-state index contributed by atoms with van der Waals surface area (Å²) in [6.45, 7) is 0. The third-order valence-corrected chi connectivity index (χ3v) is 5.08. The van der Waals surface area contributed by atoms with Crippen LogP contribution in [0.3, 0.4) is 0 Å². The molecule has 4 rings (SSSR count). The second-order valence-electron chi connectivity index (χ2n) is 6.38. The molecule has 0 radical (unpaired) electrons. The number of aliphatic carboxylic acids is 3. The molecule has 0 bridgehead atoms. The Bertz CT molecular complexity index is 1010. The standard InChI is InChI=1S/C19H12O7/c20-10-6-8-3-1-2-7-4-5-9-12(11(7)8)14(10)16(19(25)26)15(18(23)24)13(9)17(21)22/h1-5,11,13H,6H2,(H,21,22)(H,23,24)(H,25,26). The molecule has 2 atom stereocenters. The molecule has 0 saturated carbocycles. The van der Waals surface area contributed by atoms with Gasteiger partial charge < -0.3 is 15.3 Å². The summed E-state index contributed by atoms with van der Waals surface area (Å²) < 4.78 is 0. The molecular weight excluding hydrogens is 340 g/mol. The summed E-state index contributed by atoms with van der Waals surface area (Å²) in [6.07, 6.45) is 8.51. The first-order valence-corrected chi connectivity index (χ1v) is 7.83. The molecule has 3 N–H and O–H groups in total. The van der Waals surface area contributed by atoms with E-state index >= 15 is 0 Å². The fraction of sp³-hybridized carbons (Fsp3) is 0.158. The number of carbonyl (C=O) groups is 4. The Morgan fingerprint density at radius 2 is 1.73 bits per heavy atom. The van der Waals surface area contributed by atoms with E-state index in [1.54, 1.807) is 18.2 Å². The second-order valence-corrected chi connectivity index (χ2v) is 6.38. The van der Waals surface area contributed by atoms with Gasteiger partial charge in [0.25, 0.3) is 0 Å². The molecule has 0 aromatic carbocycles. The summed E-state index contributed by atoms with van der Waals surface area (Å²) in [5.41, 5.74) is 0.374. The molecule has 130 valence electrons. The molecule has 0 spiro atoms. The van der Waals surface area contributed by atoms with Crippen LogP contribution in [0.4, 0.5) is 0 Å². The minimum absolute atomic E-state index is 0.0279. The van der Waals surface area contributed by atoms with Gasteiger partial charge in [-0.05, 0) is 16.7 Å². The lowest BCUT2D eigenvalue weighted by Crippen LogP contribution is -2.39. The fourth-order valence-corrected chi connectivity index (χ4v) is 4.18. The average Bonchev–Trinajstić information content (AvgIpc) is 2.58. The largest absolute Gasteiger partial charge is 0.481 e. The van der Waals surface area contributed by atoms with Crippen LogP contribution in [0.5, 0.6) is 0 Å². The molecule has 4 aliphatic rings. The normalized spacial score (nSPS) is 26.0. The van der Waals surface area contributed by atoms with Gasteiger partial charge in [-0.25, -0.2) is 9.59 Å². The van der Waals surface area contributed by atoms with E-state index in [0.717, 1.165) is 11.1 Å². The summed E-state index contributed by atoms with van der Waals surface area (Å²) in [4.78, 5) is 48.1. The van der Waals surface area contributed by atoms with Crippen LogP contribution in [0, 0.1) is 11.8 Å². The molecule has 26 heavy (non-hydrogen) atoms. The van der Waals surface area contributed by atoms with Gasteiger partial charge in [0, 0.05) is 17.9 Å². The average molecular weight is 352 g/mol. The van der Waals surface area contributed by atoms with Crippen molar-refractivity contribution in [1.29, 1.82) is 0 Å². The second kappa shape index (κ2) is 5.26. The van der Waals surface area contributed by atoms with E-state index in [0.29, 0.717) is 5.57 Å². The van der Waals surface area contributed by atoms with Gasteiger partial charge in [-0.1, -0.05) is 36.0 Å². The summed E-state index contributed by atoms with van der Waals surface area (Å²) in [5, 5.41) is 28.8. The zero-order chi connectivity index (χ0) is 18.7. The summed E-state index contributed by atoms with van der Waals surface area (Å²) in [6, 6.07) is 0. The van der Waals surface area contributed by atoms with Crippen molar-refractivity contribution < 1.29 is 34.5 Å². The predicted octanol–water partition coefficient (Wildman–Crippen LogP) is 1.41. The van der Waals surface area contributed by atoms with Crippen LogP contribution in [-0.2, 0) is 19.2 Å². The van der Waals surface area contributed by atoms with Crippen molar-refractivity contribution in [1.82, 2.24) is 0 Å². The molecule has 7 heteroatoms. The number of hydrogen-bond acceptors (Lipinski definition) is 4. The Hall–Kier alpha value is -3.48. The molecule has 0 aliphatic heterocycles. The molecule has 7 nitrogen and oxygen atoms in total. The highest BCUT2D eigenvalue weighted by Crippen LogP contribution is 2.52.